The molecule has 0 bridgehead atoms. The molecule has 0 saturated heterocycles. The molecule has 16 heavy (non-hydrogen) atoms. The second-order valence-corrected chi connectivity index (χ2v) is 7.07. The van der Waals surface area contributed by atoms with Crippen LogP contribution in [0.2, 0.25) is 0 Å². The van der Waals surface area contributed by atoms with E-state index in [0.29, 0.717) is 12.3 Å². The van der Waals surface area contributed by atoms with Gasteiger partial charge in [0.15, 0.2) is 4.34 Å². The summed E-state index contributed by atoms with van der Waals surface area (Å²) < 4.78 is 24.8. The van der Waals surface area contributed by atoms with Crippen LogP contribution < -0.4 is 10.0 Å². The number of rotatable bonds is 7. The van der Waals surface area contributed by atoms with Crippen molar-refractivity contribution in [1.29, 1.82) is 0 Å². The molecule has 92 valence electrons. The van der Waals surface area contributed by atoms with E-state index in [0.717, 1.165) is 22.3 Å². The van der Waals surface area contributed by atoms with E-state index in [1.807, 2.05) is 6.92 Å². The Morgan fingerprint density at radius 3 is 2.81 bits per heavy atom. The topological polar surface area (TPSA) is 84.0 Å². The maximum absolute atomic E-state index is 10.8. The molecule has 0 aliphatic heterocycles. The number of hydrogen-bond donors (Lipinski definition) is 2. The highest BCUT2D eigenvalue weighted by Gasteiger charge is 2.04. The molecule has 6 nitrogen and oxygen atoms in total. The van der Waals surface area contributed by atoms with E-state index < -0.39 is 10.0 Å². The molecule has 1 aromatic rings. The first kappa shape index (κ1) is 13.7. The predicted octanol–water partition coefficient (Wildman–Crippen LogP) is 0.611. The molecule has 0 radical (unpaired) electrons. The quantitative estimate of drug-likeness (QED) is 0.563. The van der Waals surface area contributed by atoms with Gasteiger partial charge in [-0.2, -0.15) is 0 Å². The van der Waals surface area contributed by atoms with Gasteiger partial charge in [-0.3, -0.25) is 0 Å². The number of aromatic nitrogens is 2. The van der Waals surface area contributed by atoms with E-state index >= 15 is 0 Å². The summed E-state index contributed by atoms with van der Waals surface area (Å²) in [5.74, 6) is 0.647. The van der Waals surface area contributed by atoms with Gasteiger partial charge in [0.05, 0.1) is 6.26 Å². The standard InChI is InChI=1S/C7H14N4O2S3/c1-3-8-6-10-11-7(15-6)14-5-4-9-16(2,12)13/h9H,3-5H2,1-2H3,(H,8,10). The van der Waals surface area contributed by atoms with Crippen LogP contribution in [-0.4, -0.2) is 43.7 Å². The zero-order chi connectivity index (χ0) is 12.0. The molecule has 0 aliphatic rings. The van der Waals surface area contributed by atoms with Crippen molar-refractivity contribution in [3.63, 3.8) is 0 Å². The van der Waals surface area contributed by atoms with Crippen molar-refractivity contribution in [2.45, 2.75) is 11.3 Å². The van der Waals surface area contributed by atoms with Crippen molar-refractivity contribution in [2.24, 2.45) is 0 Å². The fourth-order valence-corrected chi connectivity index (χ4v) is 3.20. The molecule has 0 atom stereocenters. The Labute approximate surface area is 103 Å². The van der Waals surface area contributed by atoms with Gasteiger partial charge in [-0.1, -0.05) is 23.1 Å². The van der Waals surface area contributed by atoms with Crippen LogP contribution in [0.5, 0.6) is 0 Å². The van der Waals surface area contributed by atoms with Gasteiger partial charge in [-0.25, -0.2) is 13.1 Å². The number of hydrogen-bond acceptors (Lipinski definition) is 7. The highest BCUT2D eigenvalue weighted by atomic mass is 32.2. The SMILES string of the molecule is CCNc1nnc(SCCNS(C)(=O)=O)s1. The maximum Gasteiger partial charge on any atom is 0.208 e. The van der Waals surface area contributed by atoms with Gasteiger partial charge in [0.25, 0.3) is 0 Å². The number of anilines is 1. The highest BCUT2D eigenvalue weighted by molar-refractivity contribution is 8.01. The van der Waals surface area contributed by atoms with E-state index in [2.05, 4.69) is 20.2 Å². The van der Waals surface area contributed by atoms with Gasteiger partial charge in [0, 0.05) is 18.8 Å². The molecule has 9 heteroatoms. The molecular weight excluding hydrogens is 268 g/mol. The fraction of sp³-hybridized carbons (Fsp3) is 0.714. The Morgan fingerprint density at radius 1 is 1.44 bits per heavy atom. The molecule has 1 aromatic heterocycles. The van der Waals surface area contributed by atoms with Gasteiger partial charge < -0.3 is 5.32 Å². The third-order valence-electron chi connectivity index (χ3n) is 1.43. The van der Waals surface area contributed by atoms with E-state index in [1.54, 1.807) is 0 Å². The fourth-order valence-electron chi connectivity index (χ4n) is 0.856. The molecule has 0 spiro atoms. The molecule has 2 N–H and O–H groups in total. The van der Waals surface area contributed by atoms with Crippen LogP contribution in [0.4, 0.5) is 5.13 Å². The van der Waals surface area contributed by atoms with Crippen LogP contribution in [0.15, 0.2) is 4.34 Å². The van der Waals surface area contributed by atoms with Gasteiger partial charge in [0.2, 0.25) is 15.2 Å². The van der Waals surface area contributed by atoms with E-state index in [9.17, 15) is 8.42 Å². The Kier molecular flexibility index (Phi) is 5.46. The molecule has 1 heterocycles. The van der Waals surface area contributed by atoms with E-state index in [4.69, 9.17) is 0 Å². The van der Waals surface area contributed by atoms with Crippen molar-refractivity contribution in [3.05, 3.63) is 0 Å². The lowest BCUT2D eigenvalue weighted by molar-refractivity contribution is 0.590. The second kappa shape index (κ2) is 6.38. The Bertz CT molecular complexity index is 417. The number of sulfonamides is 1. The monoisotopic (exact) mass is 282 g/mol. The largest absolute Gasteiger partial charge is 0.360 e. The normalized spacial score (nSPS) is 11.6. The minimum Gasteiger partial charge on any atom is -0.360 e. The average Bonchev–Trinajstić information content (AvgIpc) is 2.60. The second-order valence-electron chi connectivity index (χ2n) is 2.92. The summed E-state index contributed by atoms with van der Waals surface area (Å²) >= 11 is 2.95. The summed E-state index contributed by atoms with van der Waals surface area (Å²) in [6, 6.07) is 0. The van der Waals surface area contributed by atoms with Crippen molar-refractivity contribution < 1.29 is 8.42 Å². The molecule has 0 fully saturated rings. The summed E-state index contributed by atoms with van der Waals surface area (Å²) in [4.78, 5) is 0. The number of nitrogens with zero attached hydrogens (tertiary/aromatic N) is 2. The maximum atomic E-state index is 10.8. The lowest BCUT2D eigenvalue weighted by Crippen LogP contribution is -2.24. The van der Waals surface area contributed by atoms with Crippen LogP contribution >= 0.6 is 23.1 Å². The summed E-state index contributed by atoms with van der Waals surface area (Å²) in [6.45, 7) is 3.21. The molecule has 0 aliphatic carbocycles. The third kappa shape index (κ3) is 5.64. The minimum atomic E-state index is -3.09. The van der Waals surface area contributed by atoms with Gasteiger partial charge in [-0.05, 0) is 6.92 Å². The zero-order valence-electron chi connectivity index (χ0n) is 9.06. The molecule has 0 aromatic carbocycles. The smallest absolute Gasteiger partial charge is 0.208 e. The molecule has 1 rings (SSSR count). The summed E-state index contributed by atoms with van der Waals surface area (Å²) in [5, 5.41) is 11.7. The van der Waals surface area contributed by atoms with Crippen LogP contribution in [0.3, 0.4) is 0 Å². The third-order valence-corrected chi connectivity index (χ3v) is 4.17. The predicted molar refractivity (Wildman–Crippen MR) is 67.6 cm³/mol. The van der Waals surface area contributed by atoms with Gasteiger partial charge in [0.1, 0.15) is 0 Å². The van der Waals surface area contributed by atoms with Crippen LogP contribution in [0, 0.1) is 0 Å². The van der Waals surface area contributed by atoms with Crippen LogP contribution in [-0.2, 0) is 10.0 Å². The molecular formula is C7H14N4O2S3. The summed E-state index contributed by atoms with van der Waals surface area (Å²) in [6.07, 6.45) is 1.14. The van der Waals surface area contributed by atoms with Crippen LogP contribution in [0.1, 0.15) is 6.92 Å². The highest BCUT2D eigenvalue weighted by Crippen LogP contribution is 2.24. The van der Waals surface area contributed by atoms with Crippen molar-refractivity contribution >= 4 is 38.3 Å². The molecule has 0 saturated carbocycles. The van der Waals surface area contributed by atoms with Crippen molar-refractivity contribution in [2.75, 3.05) is 30.4 Å². The van der Waals surface area contributed by atoms with E-state index in [1.165, 1.54) is 23.1 Å². The Morgan fingerprint density at radius 2 is 2.19 bits per heavy atom. The zero-order valence-corrected chi connectivity index (χ0v) is 11.5. The lowest BCUT2D eigenvalue weighted by atomic mass is 10.8. The molecule has 0 unspecified atom stereocenters. The molecule has 0 amide bonds. The lowest BCUT2D eigenvalue weighted by Gasteiger charge is -1.99. The first-order chi connectivity index (χ1) is 7.51. The average molecular weight is 282 g/mol. The first-order valence-electron chi connectivity index (χ1n) is 4.66. The van der Waals surface area contributed by atoms with Crippen molar-refractivity contribution in [3.8, 4) is 0 Å². The summed E-state index contributed by atoms with van der Waals surface area (Å²) in [5.41, 5.74) is 0. The van der Waals surface area contributed by atoms with E-state index in [-0.39, 0.29) is 0 Å². The first-order valence-corrected chi connectivity index (χ1v) is 8.35. The van der Waals surface area contributed by atoms with Crippen LogP contribution in [0.25, 0.3) is 0 Å². The van der Waals surface area contributed by atoms with Gasteiger partial charge >= 0.3 is 0 Å². The van der Waals surface area contributed by atoms with Gasteiger partial charge in [-0.15, -0.1) is 10.2 Å². The minimum absolute atomic E-state index is 0.402. The Balaban J connectivity index is 2.26. The summed E-state index contributed by atoms with van der Waals surface area (Å²) in [7, 11) is -3.09. The number of thioether (sulfide) groups is 1. The van der Waals surface area contributed by atoms with Crippen molar-refractivity contribution in [1.82, 2.24) is 14.9 Å². The Hall–Kier alpha value is -0.380. The number of nitrogens with one attached hydrogen (secondary N) is 2.